The van der Waals surface area contributed by atoms with E-state index in [-0.39, 0.29) is 24.6 Å². The highest BCUT2D eigenvalue weighted by Gasteiger charge is 2.24. The number of hydrogen-bond donors (Lipinski definition) is 3. The Labute approximate surface area is 133 Å². The van der Waals surface area contributed by atoms with Crippen molar-refractivity contribution in [2.75, 3.05) is 6.61 Å². The summed E-state index contributed by atoms with van der Waals surface area (Å²) < 4.78 is 0. The number of aliphatic hydroxyl groups is 1. The van der Waals surface area contributed by atoms with E-state index >= 15 is 0 Å². The lowest BCUT2D eigenvalue weighted by Crippen LogP contribution is -2.46. The highest BCUT2D eigenvalue weighted by Crippen LogP contribution is 2.24. The standard InChI is InChI=1S/C16H21N3O4/c1-3-16(2,6-7-20)18-15(21)8-11-10-17-14-5-4-12(19(22)23)9-13(11)14/h4-5,9-10,17,20H,3,6-8H2,1-2H3,(H,18,21). The molecule has 0 fully saturated rings. The smallest absolute Gasteiger partial charge is 0.270 e. The largest absolute Gasteiger partial charge is 0.396 e. The molecule has 1 aromatic carbocycles. The van der Waals surface area contributed by atoms with E-state index < -0.39 is 10.5 Å². The van der Waals surface area contributed by atoms with Crippen molar-refractivity contribution in [2.24, 2.45) is 0 Å². The minimum Gasteiger partial charge on any atom is -0.396 e. The van der Waals surface area contributed by atoms with Crippen molar-refractivity contribution in [3.8, 4) is 0 Å². The molecule has 0 aliphatic carbocycles. The molecule has 3 N–H and O–H groups in total. The zero-order chi connectivity index (χ0) is 17.0. The average Bonchev–Trinajstić information content (AvgIpc) is 2.89. The molecule has 0 radical (unpaired) electrons. The van der Waals surface area contributed by atoms with Crippen LogP contribution >= 0.6 is 0 Å². The minimum absolute atomic E-state index is 0.00237. The molecule has 2 rings (SSSR count). The van der Waals surface area contributed by atoms with Crippen molar-refractivity contribution in [2.45, 2.75) is 38.6 Å². The maximum absolute atomic E-state index is 12.3. The molecule has 0 bridgehead atoms. The maximum atomic E-state index is 12.3. The number of aromatic amines is 1. The molecule has 1 unspecified atom stereocenters. The van der Waals surface area contributed by atoms with Crippen molar-refractivity contribution >= 4 is 22.5 Å². The van der Waals surface area contributed by atoms with Crippen LogP contribution in [0.25, 0.3) is 10.9 Å². The van der Waals surface area contributed by atoms with Crippen LogP contribution in [0.2, 0.25) is 0 Å². The van der Waals surface area contributed by atoms with E-state index in [9.17, 15) is 14.9 Å². The number of nitrogens with one attached hydrogen (secondary N) is 2. The Bertz CT molecular complexity index is 725. The molecule has 124 valence electrons. The third kappa shape index (κ3) is 3.87. The van der Waals surface area contributed by atoms with Gasteiger partial charge in [0.05, 0.1) is 11.3 Å². The van der Waals surface area contributed by atoms with Gasteiger partial charge in [0, 0.05) is 41.4 Å². The zero-order valence-corrected chi connectivity index (χ0v) is 13.3. The molecule has 1 amide bonds. The third-order valence-corrected chi connectivity index (χ3v) is 4.20. The number of nitrogens with zero attached hydrogens (tertiary/aromatic N) is 1. The number of fused-ring (bicyclic) bond motifs is 1. The molecular formula is C16H21N3O4. The van der Waals surface area contributed by atoms with Gasteiger partial charge in [-0.1, -0.05) is 6.92 Å². The number of benzene rings is 1. The second-order valence-corrected chi connectivity index (χ2v) is 5.91. The number of nitro benzene ring substituents is 1. The Kier molecular flexibility index (Phi) is 5.00. The van der Waals surface area contributed by atoms with Gasteiger partial charge in [-0.3, -0.25) is 14.9 Å². The fraction of sp³-hybridized carbons (Fsp3) is 0.438. The third-order valence-electron chi connectivity index (χ3n) is 4.20. The second kappa shape index (κ2) is 6.78. The number of carbonyl (C=O) groups excluding carboxylic acids is 1. The molecular weight excluding hydrogens is 298 g/mol. The van der Waals surface area contributed by atoms with Crippen LogP contribution in [0.15, 0.2) is 24.4 Å². The Morgan fingerprint density at radius 3 is 2.83 bits per heavy atom. The lowest BCUT2D eigenvalue weighted by molar-refractivity contribution is -0.384. The van der Waals surface area contributed by atoms with Gasteiger partial charge in [0.15, 0.2) is 0 Å². The van der Waals surface area contributed by atoms with Gasteiger partial charge in [0.1, 0.15) is 0 Å². The summed E-state index contributed by atoms with van der Waals surface area (Å²) in [5, 5.41) is 23.6. The van der Waals surface area contributed by atoms with E-state index in [1.165, 1.54) is 12.1 Å². The number of nitro groups is 1. The molecule has 7 nitrogen and oxygen atoms in total. The van der Waals surface area contributed by atoms with Gasteiger partial charge in [-0.15, -0.1) is 0 Å². The maximum Gasteiger partial charge on any atom is 0.270 e. The van der Waals surface area contributed by atoms with Gasteiger partial charge in [0.2, 0.25) is 5.91 Å². The summed E-state index contributed by atoms with van der Waals surface area (Å²) in [6, 6.07) is 4.54. The fourth-order valence-corrected chi connectivity index (χ4v) is 2.55. The van der Waals surface area contributed by atoms with Crippen LogP contribution in [0, 0.1) is 10.1 Å². The Morgan fingerprint density at radius 2 is 2.22 bits per heavy atom. The molecule has 23 heavy (non-hydrogen) atoms. The summed E-state index contributed by atoms with van der Waals surface area (Å²) in [6.07, 6.45) is 3.01. The summed E-state index contributed by atoms with van der Waals surface area (Å²) in [4.78, 5) is 25.7. The lowest BCUT2D eigenvalue weighted by Gasteiger charge is -2.29. The minimum atomic E-state index is -0.454. The summed E-state index contributed by atoms with van der Waals surface area (Å²) in [7, 11) is 0. The van der Waals surface area contributed by atoms with E-state index in [2.05, 4.69) is 10.3 Å². The molecule has 0 saturated carbocycles. The summed E-state index contributed by atoms with van der Waals surface area (Å²) in [5.41, 5.74) is 1.01. The van der Waals surface area contributed by atoms with Crippen LogP contribution in [-0.4, -0.2) is 33.1 Å². The van der Waals surface area contributed by atoms with E-state index in [0.29, 0.717) is 23.8 Å². The van der Waals surface area contributed by atoms with Crippen molar-refractivity contribution < 1.29 is 14.8 Å². The van der Waals surface area contributed by atoms with Gasteiger partial charge < -0.3 is 15.4 Å². The van der Waals surface area contributed by atoms with E-state index in [4.69, 9.17) is 5.11 Å². The normalized spacial score (nSPS) is 13.7. The first-order valence-electron chi connectivity index (χ1n) is 7.55. The quantitative estimate of drug-likeness (QED) is 0.537. The van der Waals surface area contributed by atoms with Crippen LogP contribution in [-0.2, 0) is 11.2 Å². The van der Waals surface area contributed by atoms with Gasteiger partial charge in [-0.2, -0.15) is 0 Å². The molecule has 0 aliphatic heterocycles. The summed E-state index contributed by atoms with van der Waals surface area (Å²) >= 11 is 0. The molecule has 0 saturated heterocycles. The van der Waals surface area contributed by atoms with E-state index in [1.54, 1.807) is 12.3 Å². The van der Waals surface area contributed by atoms with Crippen LogP contribution in [0.4, 0.5) is 5.69 Å². The molecule has 1 atom stereocenters. The SMILES string of the molecule is CCC(C)(CCO)NC(=O)Cc1c[nH]c2ccc([N+](=O)[O-])cc12. The second-order valence-electron chi connectivity index (χ2n) is 5.91. The number of H-pyrrole nitrogens is 1. The summed E-state index contributed by atoms with van der Waals surface area (Å²) in [6.45, 7) is 3.84. The monoisotopic (exact) mass is 319 g/mol. The first-order chi connectivity index (χ1) is 10.9. The molecule has 2 aromatic rings. The van der Waals surface area contributed by atoms with Crippen molar-refractivity contribution in [3.63, 3.8) is 0 Å². The van der Waals surface area contributed by atoms with Gasteiger partial charge in [-0.05, 0) is 31.4 Å². The number of hydrogen-bond acceptors (Lipinski definition) is 4. The average molecular weight is 319 g/mol. The topological polar surface area (TPSA) is 108 Å². The number of aromatic nitrogens is 1. The predicted octanol–water partition coefficient (Wildman–Crippen LogP) is 2.29. The molecule has 0 spiro atoms. The van der Waals surface area contributed by atoms with Gasteiger partial charge >= 0.3 is 0 Å². The van der Waals surface area contributed by atoms with Crippen molar-refractivity contribution in [1.82, 2.24) is 10.3 Å². The van der Waals surface area contributed by atoms with Crippen molar-refractivity contribution in [3.05, 3.63) is 40.1 Å². The van der Waals surface area contributed by atoms with Gasteiger partial charge in [-0.25, -0.2) is 0 Å². The fourth-order valence-electron chi connectivity index (χ4n) is 2.55. The lowest BCUT2D eigenvalue weighted by atomic mass is 9.94. The highest BCUT2D eigenvalue weighted by atomic mass is 16.6. The molecule has 7 heteroatoms. The zero-order valence-electron chi connectivity index (χ0n) is 13.3. The van der Waals surface area contributed by atoms with E-state index in [0.717, 1.165) is 5.52 Å². The first-order valence-corrected chi connectivity index (χ1v) is 7.55. The Balaban J connectivity index is 2.19. The van der Waals surface area contributed by atoms with E-state index in [1.807, 2.05) is 13.8 Å². The van der Waals surface area contributed by atoms with Crippen LogP contribution in [0.1, 0.15) is 32.3 Å². The van der Waals surface area contributed by atoms with Crippen molar-refractivity contribution in [1.29, 1.82) is 0 Å². The number of aliphatic hydroxyl groups excluding tert-OH is 1. The van der Waals surface area contributed by atoms with Crippen LogP contribution in [0.5, 0.6) is 0 Å². The Hall–Kier alpha value is -2.41. The van der Waals surface area contributed by atoms with Crippen LogP contribution < -0.4 is 5.32 Å². The molecule has 0 aliphatic rings. The summed E-state index contributed by atoms with van der Waals surface area (Å²) in [5.74, 6) is -0.171. The molecule has 1 aromatic heterocycles. The predicted molar refractivity (Wildman–Crippen MR) is 87.2 cm³/mol. The first kappa shape index (κ1) is 17.0. The number of amides is 1. The van der Waals surface area contributed by atoms with Gasteiger partial charge in [0.25, 0.3) is 5.69 Å². The van der Waals surface area contributed by atoms with Crippen LogP contribution in [0.3, 0.4) is 0 Å². The highest BCUT2D eigenvalue weighted by molar-refractivity contribution is 5.90. The number of non-ortho nitro benzene ring substituents is 1. The number of rotatable bonds is 7. The molecule has 1 heterocycles. The Morgan fingerprint density at radius 1 is 1.48 bits per heavy atom. The number of carbonyl (C=O) groups is 1.